The number of hydrogen-bond donors (Lipinski definition) is 3. The number of amides is 4. The van der Waals surface area contributed by atoms with Gasteiger partial charge in [-0.3, -0.25) is 14.1 Å². The van der Waals surface area contributed by atoms with Gasteiger partial charge in [0, 0.05) is 6.54 Å². The number of nitrogens with one attached hydrogen (secondary N) is 1. The number of urea groups is 1. The second-order valence-corrected chi connectivity index (χ2v) is 5.70. The number of carbonyl (C=O) groups is 3. The smallest absolute Gasteiger partial charge is 0.368 e. The highest BCUT2D eigenvalue weighted by molar-refractivity contribution is 7.80. The van der Waals surface area contributed by atoms with Gasteiger partial charge in [-0.15, -0.1) is 4.28 Å². The fourth-order valence-electron chi connectivity index (χ4n) is 2.40. The molecule has 11 nitrogen and oxygen atoms in total. The third kappa shape index (κ3) is 3.40. The van der Waals surface area contributed by atoms with Crippen LogP contribution in [0.1, 0.15) is 12.8 Å². The van der Waals surface area contributed by atoms with E-state index in [1.807, 2.05) is 0 Å². The molecule has 21 heavy (non-hydrogen) atoms. The summed E-state index contributed by atoms with van der Waals surface area (Å²) in [7, 11) is -4.82. The molecule has 118 valence electrons. The van der Waals surface area contributed by atoms with Crippen molar-refractivity contribution >= 4 is 28.2 Å². The van der Waals surface area contributed by atoms with E-state index in [1.165, 1.54) is 0 Å². The van der Waals surface area contributed by atoms with E-state index in [9.17, 15) is 22.8 Å². The average Bonchev–Trinajstić information content (AvgIpc) is 2.60. The number of hydrogen-bond acceptors (Lipinski definition) is 6. The SMILES string of the molecule is NC(=O)CNC(=O)C1CC[C@@H]2CN1C(=O)N2OS(=O)(=O)O. The molecule has 2 rings (SSSR count). The first-order valence-corrected chi connectivity index (χ1v) is 7.38. The van der Waals surface area contributed by atoms with Gasteiger partial charge in [0.2, 0.25) is 11.8 Å². The summed E-state index contributed by atoms with van der Waals surface area (Å²) < 4.78 is 34.3. The summed E-state index contributed by atoms with van der Waals surface area (Å²) in [4.78, 5) is 35.6. The van der Waals surface area contributed by atoms with Crippen LogP contribution in [0.15, 0.2) is 0 Å². The molecule has 0 aromatic heterocycles. The Morgan fingerprint density at radius 2 is 2.10 bits per heavy atom. The van der Waals surface area contributed by atoms with Crippen molar-refractivity contribution in [3.8, 4) is 0 Å². The second kappa shape index (κ2) is 5.46. The lowest BCUT2D eigenvalue weighted by molar-refractivity contribution is -0.128. The van der Waals surface area contributed by atoms with Gasteiger partial charge in [0.25, 0.3) is 0 Å². The molecule has 2 bridgehead atoms. The first kappa shape index (κ1) is 15.5. The minimum absolute atomic E-state index is 0.0863. The molecular formula is C9H14N4O7S. The molecule has 4 amide bonds. The van der Waals surface area contributed by atoms with Crippen molar-refractivity contribution in [3.05, 3.63) is 0 Å². The predicted octanol–water partition coefficient (Wildman–Crippen LogP) is -2.41. The van der Waals surface area contributed by atoms with E-state index in [1.54, 1.807) is 0 Å². The number of fused-ring (bicyclic) bond motifs is 2. The largest absolute Gasteiger partial charge is 0.418 e. The van der Waals surface area contributed by atoms with E-state index < -0.39 is 40.3 Å². The molecule has 0 aliphatic carbocycles. The van der Waals surface area contributed by atoms with Crippen LogP contribution in [0.25, 0.3) is 0 Å². The van der Waals surface area contributed by atoms with Gasteiger partial charge in [0.1, 0.15) is 6.04 Å². The average molecular weight is 322 g/mol. The third-order valence-electron chi connectivity index (χ3n) is 3.24. The van der Waals surface area contributed by atoms with E-state index in [2.05, 4.69) is 9.60 Å². The van der Waals surface area contributed by atoms with Crippen LogP contribution in [0.3, 0.4) is 0 Å². The zero-order valence-electron chi connectivity index (χ0n) is 10.8. The second-order valence-electron chi connectivity index (χ2n) is 4.69. The topological polar surface area (TPSA) is 159 Å². The van der Waals surface area contributed by atoms with Gasteiger partial charge in [0.15, 0.2) is 0 Å². The van der Waals surface area contributed by atoms with Gasteiger partial charge >= 0.3 is 16.4 Å². The Kier molecular flexibility index (Phi) is 4.02. The van der Waals surface area contributed by atoms with Crippen molar-refractivity contribution in [2.45, 2.75) is 24.9 Å². The molecule has 2 aliphatic heterocycles. The number of carbonyl (C=O) groups excluding carboxylic acids is 3. The van der Waals surface area contributed by atoms with Crippen molar-refractivity contribution in [1.82, 2.24) is 15.3 Å². The number of rotatable bonds is 5. The normalized spacial score (nSPS) is 25.1. The molecule has 2 fully saturated rings. The molecule has 2 atom stereocenters. The molecular weight excluding hydrogens is 308 g/mol. The molecule has 0 aromatic carbocycles. The molecule has 0 saturated carbocycles. The van der Waals surface area contributed by atoms with Crippen LogP contribution in [0, 0.1) is 0 Å². The monoisotopic (exact) mass is 322 g/mol. The standard InChI is InChI=1S/C9H14N4O7S/c10-7(14)3-11-8(15)6-2-1-5-4-12(6)9(16)13(5)20-21(17,18)19/h5-6H,1-4H2,(H2,10,14)(H,11,15)(H,17,18,19)/t5-,6?/m1/s1. The lowest BCUT2D eigenvalue weighted by Gasteiger charge is -2.29. The Morgan fingerprint density at radius 1 is 1.43 bits per heavy atom. The summed E-state index contributed by atoms with van der Waals surface area (Å²) in [5.41, 5.74) is 4.91. The molecule has 2 saturated heterocycles. The van der Waals surface area contributed by atoms with Crippen LogP contribution in [-0.2, 0) is 24.3 Å². The lowest BCUT2D eigenvalue weighted by atomic mass is 10.0. The van der Waals surface area contributed by atoms with E-state index >= 15 is 0 Å². The highest BCUT2D eigenvalue weighted by atomic mass is 32.3. The maximum atomic E-state index is 12.0. The molecule has 2 aliphatic rings. The summed E-state index contributed by atoms with van der Waals surface area (Å²) in [5.74, 6) is -1.28. The van der Waals surface area contributed by atoms with Gasteiger partial charge in [-0.2, -0.15) is 13.5 Å². The van der Waals surface area contributed by atoms with E-state index in [4.69, 9.17) is 10.3 Å². The quantitative estimate of drug-likeness (QED) is 0.475. The van der Waals surface area contributed by atoms with E-state index in [0.717, 1.165) is 4.90 Å². The Hall–Kier alpha value is -1.92. The summed E-state index contributed by atoms with van der Waals surface area (Å²) in [5, 5.41) is 2.82. The molecule has 1 unspecified atom stereocenters. The summed E-state index contributed by atoms with van der Waals surface area (Å²) in [6.07, 6.45) is 0.582. The van der Waals surface area contributed by atoms with Crippen molar-refractivity contribution in [2.24, 2.45) is 5.73 Å². The van der Waals surface area contributed by atoms with Crippen molar-refractivity contribution < 1.29 is 31.6 Å². The zero-order chi connectivity index (χ0) is 15.8. The highest BCUT2D eigenvalue weighted by Crippen LogP contribution is 2.30. The van der Waals surface area contributed by atoms with E-state index in [-0.39, 0.29) is 19.5 Å². The Labute approximate surface area is 119 Å². The molecule has 2 heterocycles. The highest BCUT2D eigenvalue weighted by Gasteiger charge is 2.49. The number of piperidine rings is 1. The van der Waals surface area contributed by atoms with Gasteiger partial charge in [-0.25, -0.2) is 4.79 Å². The molecule has 4 N–H and O–H groups in total. The van der Waals surface area contributed by atoms with Gasteiger partial charge < -0.3 is 16.0 Å². The first-order chi connectivity index (χ1) is 9.69. The maximum Gasteiger partial charge on any atom is 0.418 e. The molecule has 0 aromatic rings. The van der Waals surface area contributed by atoms with E-state index in [0.29, 0.717) is 11.5 Å². The van der Waals surface area contributed by atoms with Gasteiger partial charge in [-0.1, -0.05) is 0 Å². The van der Waals surface area contributed by atoms with Crippen molar-refractivity contribution in [3.63, 3.8) is 0 Å². The first-order valence-electron chi connectivity index (χ1n) is 6.02. The molecule has 0 radical (unpaired) electrons. The third-order valence-corrected chi connectivity index (χ3v) is 3.59. The van der Waals surface area contributed by atoms with Crippen molar-refractivity contribution in [1.29, 1.82) is 0 Å². The van der Waals surface area contributed by atoms with Crippen LogP contribution in [-0.4, -0.2) is 66.0 Å². The minimum Gasteiger partial charge on any atom is -0.368 e. The lowest BCUT2D eigenvalue weighted by Crippen LogP contribution is -2.51. The fraction of sp³-hybridized carbons (Fsp3) is 0.667. The van der Waals surface area contributed by atoms with Gasteiger partial charge in [0.05, 0.1) is 12.6 Å². The number of nitrogens with two attached hydrogens (primary N) is 1. The number of hydroxylamine groups is 2. The molecule has 12 heteroatoms. The number of primary amides is 1. The van der Waals surface area contributed by atoms with Crippen molar-refractivity contribution in [2.75, 3.05) is 13.1 Å². The Balaban J connectivity index is 2.06. The maximum absolute atomic E-state index is 12.0. The van der Waals surface area contributed by atoms with Crippen LogP contribution in [0.5, 0.6) is 0 Å². The summed E-state index contributed by atoms with van der Waals surface area (Å²) in [6, 6.07) is -2.25. The minimum atomic E-state index is -4.82. The van der Waals surface area contributed by atoms with Crippen LogP contribution < -0.4 is 11.1 Å². The Morgan fingerprint density at radius 3 is 2.67 bits per heavy atom. The predicted molar refractivity (Wildman–Crippen MR) is 65.6 cm³/mol. The summed E-state index contributed by atoms with van der Waals surface area (Å²) >= 11 is 0. The Bertz CT molecular complexity index is 577. The summed E-state index contributed by atoms with van der Waals surface area (Å²) in [6.45, 7) is -0.269. The fourth-order valence-corrected chi connectivity index (χ4v) is 2.78. The zero-order valence-corrected chi connectivity index (χ0v) is 11.6. The van der Waals surface area contributed by atoms with Crippen LogP contribution in [0.2, 0.25) is 0 Å². The number of nitrogens with zero attached hydrogens (tertiary/aromatic N) is 2. The molecule has 0 spiro atoms. The van der Waals surface area contributed by atoms with Crippen LogP contribution >= 0.6 is 0 Å². The van der Waals surface area contributed by atoms with Gasteiger partial charge in [-0.05, 0) is 12.8 Å². The van der Waals surface area contributed by atoms with Crippen LogP contribution in [0.4, 0.5) is 4.79 Å².